The number of aromatic nitrogens is 1. The van der Waals surface area contributed by atoms with E-state index in [1.165, 1.54) is 0 Å². The van der Waals surface area contributed by atoms with Gasteiger partial charge in [-0.15, -0.1) is 0 Å². The minimum Gasteiger partial charge on any atom is -0.494 e. The van der Waals surface area contributed by atoms with Gasteiger partial charge in [-0.05, 0) is 66.8 Å². The zero-order chi connectivity index (χ0) is 26.8. The van der Waals surface area contributed by atoms with Gasteiger partial charge in [0.05, 0.1) is 29.6 Å². The number of hydrogen-bond donors (Lipinski definition) is 2. The number of pyridine rings is 1. The third-order valence-corrected chi connectivity index (χ3v) is 7.13. The van der Waals surface area contributed by atoms with E-state index in [1.807, 2.05) is 53.4 Å². The quantitative estimate of drug-likeness (QED) is 0.229. The lowest BCUT2D eigenvalue weighted by Crippen LogP contribution is -2.29. The van der Waals surface area contributed by atoms with Crippen molar-refractivity contribution in [3.8, 4) is 17.1 Å². The van der Waals surface area contributed by atoms with Gasteiger partial charge < -0.3 is 24.7 Å². The molecule has 1 fully saturated rings. The first-order valence-electron chi connectivity index (χ1n) is 11.9. The average molecular weight is 567 g/mol. The van der Waals surface area contributed by atoms with Crippen LogP contribution in [0.5, 0.6) is 5.75 Å². The Bertz CT molecular complexity index is 1490. The smallest absolute Gasteiger partial charge is 0.224 e. The molecule has 2 aromatic heterocycles. The van der Waals surface area contributed by atoms with E-state index in [1.54, 1.807) is 38.4 Å². The second kappa shape index (κ2) is 11.0. The van der Waals surface area contributed by atoms with Crippen LogP contribution in [0, 0.1) is 0 Å². The SMILES string of the molecule is CCC(=O)Nc1ccc(N2C(=S)NC(c3ccccn3)C2c2ccc(-c3ccc(Cl)cc3Cl)o2)cc1OC. The monoisotopic (exact) mass is 566 g/mol. The van der Waals surface area contributed by atoms with Crippen LogP contribution in [0.2, 0.25) is 10.0 Å². The van der Waals surface area contributed by atoms with Crippen molar-refractivity contribution in [1.29, 1.82) is 0 Å². The van der Waals surface area contributed by atoms with Gasteiger partial charge in [-0.1, -0.05) is 36.2 Å². The molecule has 0 saturated carbocycles. The van der Waals surface area contributed by atoms with Crippen LogP contribution in [-0.4, -0.2) is 23.1 Å². The largest absolute Gasteiger partial charge is 0.494 e. The standard InChI is InChI=1S/C28H24Cl2N4O3S/c1-3-25(35)32-20-10-8-17(15-24(20)36-2)34-27(26(33-28(34)38)21-6-4-5-13-31-21)23-12-11-22(37-23)18-9-7-16(29)14-19(18)30/h4-15,26-27H,3H2,1-2H3,(H,32,35)(H,33,38). The fraction of sp³-hybridized carbons (Fsp3) is 0.179. The molecular formula is C28H24Cl2N4O3S. The third-order valence-electron chi connectivity index (χ3n) is 6.27. The van der Waals surface area contributed by atoms with E-state index in [0.717, 1.165) is 16.9 Å². The third kappa shape index (κ3) is 5.07. The molecule has 1 amide bonds. The van der Waals surface area contributed by atoms with E-state index in [-0.39, 0.29) is 18.0 Å². The number of carbonyl (C=O) groups is 1. The predicted octanol–water partition coefficient (Wildman–Crippen LogP) is 7.18. The molecule has 5 rings (SSSR count). The number of carbonyl (C=O) groups excluding carboxylic acids is 1. The van der Waals surface area contributed by atoms with Crippen LogP contribution in [0.25, 0.3) is 11.3 Å². The van der Waals surface area contributed by atoms with Crippen molar-refractivity contribution in [3.05, 3.63) is 94.4 Å². The number of hydrogen-bond acceptors (Lipinski definition) is 5. The maximum atomic E-state index is 12.0. The van der Waals surface area contributed by atoms with E-state index in [4.69, 9.17) is 44.6 Å². The molecule has 2 aromatic carbocycles. The predicted molar refractivity (Wildman–Crippen MR) is 154 cm³/mol. The lowest BCUT2D eigenvalue weighted by molar-refractivity contribution is -0.115. The first-order valence-corrected chi connectivity index (χ1v) is 13.1. The molecule has 4 aromatic rings. The topological polar surface area (TPSA) is 79.6 Å². The summed E-state index contributed by atoms with van der Waals surface area (Å²) in [6.45, 7) is 1.79. The Morgan fingerprint density at radius 2 is 2.00 bits per heavy atom. The number of rotatable bonds is 7. The maximum Gasteiger partial charge on any atom is 0.224 e. The molecule has 0 radical (unpaired) electrons. The van der Waals surface area contributed by atoms with E-state index in [9.17, 15) is 4.79 Å². The fourth-order valence-corrected chi connectivity index (χ4v) is 5.29. The molecule has 2 N–H and O–H groups in total. The van der Waals surface area contributed by atoms with Gasteiger partial charge in [-0.2, -0.15) is 0 Å². The molecule has 1 aliphatic rings. The number of ether oxygens (including phenoxy) is 1. The molecule has 194 valence electrons. The van der Waals surface area contributed by atoms with Crippen LogP contribution in [0.4, 0.5) is 11.4 Å². The summed E-state index contributed by atoms with van der Waals surface area (Å²) in [5, 5.41) is 7.81. The Morgan fingerprint density at radius 3 is 2.71 bits per heavy atom. The summed E-state index contributed by atoms with van der Waals surface area (Å²) < 4.78 is 12.0. The average Bonchev–Trinajstić information content (AvgIpc) is 3.54. The van der Waals surface area contributed by atoms with Gasteiger partial charge in [0, 0.05) is 35.0 Å². The summed E-state index contributed by atoms with van der Waals surface area (Å²) in [7, 11) is 1.56. The van der Waals surface area contributed by atoms with Crippen molar-refractivity contribution in [2.45, 2.75) is 25.4 Å². The summed E-state index contributed by atoms with van der Waals surface area (Å²) in [5.74, 6) is 1.68. The van der Waals surface area contributed by atoms with Gasteiger partial charge in [-0.25, -0.2) is 0 Å². The Balaban J connectivity index is 1.58. The number of anilines is 2. The number of amides is 1. The van der Waals surface area contributed by atoms with Gasteiger partial charge in [0.2, 0.25) is 5.91 Å². The molecule has 3 heterocycles. The van der Waals surface area contributed by atoms with E-state index in [0.29, 0.717) is 44.5 Å². The molecule has 0 spiro atoms. The highest BCUT2D eigenvalue weighted by Crippen LogP contribution is 2.45. The van der Waals surface area contributed by atoms with Crippen LogP contribution in [0.15, 0.2) is 77.3 Å². The Labute approximate surface area is 235 Å². The van der Waals surface area contributed by atoms with E-state index >= 15 is 0 Å². The van der Waals surface area contributed by atoms with Crippen molar-refractivity contribution in [1.82, 2.24) is 10.3 Å². The number of nitrogens with zero attached hydrogens (tertiary/aromatic N) is 2. The molecule has 38 heavy (non-hydrogen) atoms. The molecule has 10 heteroatoms. The van der Waals surface area contributed by atoms with Crippen molar-refractivity contribution < 1.29 is 13.9 Å². The summed E-state index contributed by atoms with van der Waals surface area (Å²) in [5.41, 5.74) is 2.88. The van der Waals surface area contributed by atoms with Gasteiger partial charge in [-0.3, -0.25) is 9.78 Å². The molecule has 1 saturated heterocycles. The van der Waals surface area contributed by atoms with Crippen molar-refractivity contribution in [2.75, 3.05) is 17.3 Å². The van der Waals surface area contributed by atoms with Crippen LogP contribution < -0.4 is 20.3 Å². The van der Waals surface area contributed by atoms with Crippen molar-refractivity contribution >= 4 is 57.8 Å². The zero-order valence-electron chi connectivity index (χ0n) is 20.6. The first kappa shape index (κ1) is 26.0. The number of halogens is 2. The highest BCUT2D eigenvalue weighted by molar-refractivity contribution is 7.80. The van der Waals surface area contributed by atoms with Gasteiger partial charge in [0.25, 0.3) is 0 Å². The van der Waals surface area contributed by atoms with E-state index in [2.05, 4.69) is 15.6 Å². The second-order valence-corrected chi connectivity index (χ2v) is 9.84. The summed E-state index contributed by atoms with van der Waals surface area (Å²) >= 11 is 18.4. The lowest BCUT2D eigenvalue weighted by atomic mass is 10.0. The summed E-state index contributed by atoms with van der Waals surface area (Å²) in [4.78, 5) is 18.5. The highest BCUT2D eigenvalue weighted by Gasteiger charge is 2.43. The number of thiocarbonyl (C=S) groups is 1. The normalized spacial score (nSPS) is 16.8. The molecule has 2 unspecified atom stereocenters. The zero-order valence-corrected chi connectivity index (χ0v) is 22.9. The molecule has 2 atom stereocenters. The van der Waals surface area contributed by atoms with Crippen LogP contribution in [-0.2, 0) is 4.79 Å². The Morgan fingerprint density at radius 1 is 1.16 bits per heavy atom. The maximum absolute atomic E-state index is 12.0. The first-order chi connectivity index (χ1) is 18.4. The van der Waals surface area contributed by atoms with Gasteiger partial charge in [0.1, 0.15) is 23.3 Å². The highest BCUT2D eigenvalue weighted by atomic mass is 35.5. The van der Waals surface area contributed by atoms with Gasteiger partial charge >= 0.3 is 0 Å². The van der Waals surface area contributed by atoms with Gasteiger partial charge in [0.15, 0.2) is 5.11 Å². The van der Waals surface area contributed by atoms with Crippen LogP contribution >= 0.6 is 35.4 Å². The molecule has 1 aliphatic heterocycles. The molecule has 0 aliphatic carbocycles. The summed E-state index contributed by atoms with van der Waals surface area (Å²) in [6.07, 6.45) is 2.10. The second-order valence-electron chi connectivity index (χ2n) is 8.61. The van der Waals surface area contributed by atoms with Crippen molar-refractivity contribution in [2.24, 2.45) is 0 Å². The summed E-state index contributed by atoms with van der Waals surface area (Å²) in [6, 6.07) is 19.7. The Hall–Kier alpha value is -3.59. The number of nitrogens with one attached hydrogen (secondary N) is 2. The minimum absolute atomic E-state index is 0.105. The van der Waals surface area contributed by atoms with Crippen molar-refractivity contribution in [3.63, 3.8) is 0 Å². The lowest BCUT2D eigenvalue weighted by Gasteiger charge is -2.27. The van der Waals surface area contributed by atoms with Crippen LogP contribution in [0.1, 0.15) is 36.9 Å². The number of benzene rings is 2. The number of methoxy groups -OCH3 is 1. The Kier molecular flexibility index (Phi) is 7.56. The molecule has 7 nitrogen and oxygen atoms in total. The fourth-order valence-electron chi connectivity index (χ4n) is 4.44. The van der Waals surface area contributed by atoms with Crippen LogP contribution in [0.3, 0.4) is 0 Å². The minimum atomic E-state index is -0.377. The molecule has 0 bridgehead atoms. The molecular weight excluding hydrogens is 543 g/mol. The number of furan rings is 1. The van der Waals surface area contributed by atoms with E-state index < -0.39 is 0 Å².